The van der Waals surface area contributed by atoms with Gasteiger partial charge in [-0.05, 0) is 44.1 Å². The van der Waals surface area contributed by atoms with Crippen molar-refractivity contribution in [2.45, 2.75) is 32.0 Å². The zero-order valence-electron chi connectivity index (χ0n) is 12.1. The van der Waals surface area contributed by atoms with Crippen LogP contribution in [-0.2, 0) is 12.7 Å². The van der Waals surface area contributed by atoms with Gasteiger partial charge in [0.15, 0.2) is 0 Å². The van der Waals surface area contributed by atoms with E-state index in [0.29, 0.717) is 24.1 Å². The van der Waals surface area contributed by atoms with Gasteiger partial charge >= 0.3 is 11.9 Å². The van der Waals surface area contributed by atoms with Crippen LogP contribution in [0, 0.1) is 0 Å². The standard InChI is InChI=1S/C15H18F3N3O/c16-15(17,18)11-4-5-12-13(10-11)21(14(22)19-12)9-8-20-6-2-1-3-7-20/h4-5,10H,1-3,6-9H2,(H,19,22). The van der Waals surface area contributed by atoms with Gasteiger partial charge in [0.1, 0.15) is 0 Å². The number of nitrogens with one attached hydrogen (secondary N) is 1. The van der Waals surface area contributed by atoms with E-state index in [-0.39, 0.29) is 5.69 Å². The van der Waals surface area contributed by atoms with Crippen LogP contribution >= 0.6 is 0 Å². The van der Waals surface area contributed by atoms with Crippen molar-refractivity contribution in [1.82, 2.24) is 14.5 Å². The van der Waals surface area contributed by atoms with E-state index in [2.05, 4.69) is 9.88 Å². The Morgan fingerprint density at radius 3 is 2.50 bits per heavy atom. The number of hydrogen-bond donors (Lipinski definition) is 1. The first-order valence-electron chi connectivity index (χ1n) is 7.47. The van der Waals surface area contributed by atoms with Crippen molar-refractivity contribution in [2.24, 2.45) is 0 Å². The first kappa shape index (κ1) is 15.1. The van der Waals surface area contributed by atoms with Crippen LogP contribution in [0.15, 0.2) is 23.0 Å². The van der Waals surface area contributed by atoms with E-state index in [0.717, 1.165) is 38.1 Å². The molecule has 1 aliphatic rings. The second kappa shape index (κ2) is 5.79. The van der Waals surface area contributed by atoms with Crippen molar-refractivity contribution in [3.8, 4) is 0 Å². The number of hydrogen-bond acceptors (Lipinski definition) is 2. The first-order chi connectivity index (χ1) is 10.4. The fourth-order valence-corrected chi connectivity index (χ4v) is 2.98. The van der Waals surface area contributed by atoms with Crippen LogP contribution in [-0.4, -0.2) is 34.1 Å². The molecule has 22 heavy (non-hydrogen) atoms. The lowest BCUT2D eigenvalue weighted by Gasteiger charge is -2.26. The normalized spacial score (nSPS) is 17.2. The summed E-state index contributed by atoms with van der Waals surface area (Å²) in [6.45, 7) is 3.07. The molecule has 1 aromatic carbocycles. The van der Waals surface area contributed by atoms with Gasteiger partial charge < -0.3 is 9.88 Å². The molecule has 1 N–H and O–H groups in total. The molecule has 0 atom stereocenters. The number of rotatable bonds is 3. The predicted molar refractivity (Wildman–Crippen MR) is 77.9 cm³/mol. The Bertz CT molecular complexity index is 711. The van der Waals surface area contributed by atoms with Gasteiger partial charge in [-0.15, -0.1) is 0 Å². The summed E-state index contributed by atoms with van der Waals surface area (Å²) in [6, 6.07) is 3.35. The Morgan fingerprint density at radius 1 is 1.09 bits per heavy atom. The van der Waals surface area contributed by atoms with Crippen molar-refractivity contribution in [2.75, 3.05) is 19.6 Å². The largest absolute Gasteiger partial charge is 0.416 e. The van der Waals surface area contributed by atoms with Crippen LogP contribution in [0.4, 0.5) is 13.2 Å². The van der Waals surface area contributed by atoms with Crippen LogP contribution in [0.2, 0.25) is 0 Å². The molecule has 0 unspecified atom stereocenters. The number of likely N-dealkylation sites (tertiary alicyclic amines) is 1. The third-order valence-electron chi connectivity index (χ3n) is 4.19. The quantitative estimate of drug-likeness (QED) is 0.946. The molecule has 3 rings (SSSR count). The molecule has 1 aromatic heterocycles. The van der Waals surface area contributed by atoms with Gasteiger partial charge in [-0.3, -0.25) is 4.57 Å². The van der Waals surface area contributed by atoms with Gasteiger partial charge in [0.2, 0.25) is 0 Å². The molecule has 0 radical (unpaired) electrons. The Kier molecular flexibility index (Phi) is 3.99. The molecule has 7 heteroatoms. The summed E-state index contributed by atoms with van der Waals surface area (Å²) in [6.07, 6.45) is -0.903. The fraction of sp³-hybridized carbons (Fsp3) is 0.533. The number of fused-ring (bicyclic) bond motifs is 1. The molecular formula is C15H18F3N3O. The van der Waals surface area contributed by atoms with Crippen molar-refractivity contribution < 1.29 is 13.2 Å². The summed E-state index contributed by atoms with van der Waals surface area (Å²) in [5, 5.41) is 0. The van der Waals surface area contributed by atoms with E-state index in [4.69, 9.17) is 0 Å². The number of aromatic nitrogens is 2. The topological polar surface area (TPSA) is 41.0 Å². The lowest BCUT2D eigenvalue weighted by Crippen LogP contribution is -2.34. The molecule has 2 heterocycles. The minimum Gasteiger partial charge on any atom is -0.306 e. The zero-order valence-corrected chi connectivity index (χ0v) is 12.1. The van der Waals surface area contributed by atoms with Crippen LogP contribution in [0.3, 0.4) is 0 Å². The average molecular weight is 313 g/mol. The molecule has 0 aliphatic carbocycles. The second-order valence-corrected chi connectivity index (χ2v) is 5.71. The lowest BCUT2D eigenvalue weighted by molar-refractivity contribution is -0.137. The van der Waals surface area contributed by atoms with E-state index in [1.807, 2.05) is 0 Å². The van der Waals surface area contributed by atoms with Gasteiger partial charge in [-0.25, -0.2) is 4.79 Å². The monoisotopic (exact) mass is 313 g/mol. The fourth-order valence-electron chi connectivity index (χ4n) is 2.98. The Morgan fingerprint density at radius 2 is 1.82 bits per heavy atom. The second-order valence-electron chi connectivity index (χ2n) is 5.71. The molecule has 1 aliphatic heterocycles. The van der Waals surface area contributed by atoms with E-state index in [9.17, 15) is 18.0 Å². The van der Waals surface area contributed by atoms with Crippen molar-refractivity contribution in [3.05, 3.63) is 34.2 Å². The number of piperidine rings is 1. The summed E-state index contributed by atoms with van der Waals surface area (Å²) in [5.74, 6) is 0. The van der Waals surface area contributed by atoms with Gasteiger partial charge in [0.05, 0.1) is 16.6 Å². The van der Waals surface area contributed by atoms with Gasteiger partial charge in [0.25, 0.3) is 0 Å². The zero-order chi connectivity index (χ0) is 15.7. The van der Waals surface area contributed by atoms with E-state index in [1.165, 1.54) is 17.1 Å². The van der Waals surface area contributed by atoms with Crippen molar-refractivity contribution in [1.29, 1.82) is 0 Å². The molecule has 120 valence electrons. The van der Waals surface area contributed by atoms with Gasteiger partial charge in [0, 0.05) is 13.1 Å². The lowest BCUT2D eigenvalue weighted by atomic mass is 10.1. The molecular weight excluding hydrogens is 295 g/mol. The van der Waals surface area contributed by atoms with Gasteiger partial charge in [-0.1, -0.05) is 6.42 Å². The molecule has 0 amide bonds. The number of halogens is 3. The SMILES string of the molecule is O=c1[nH]c2ccc(C(F)(F)F)cc2n1CCN1CCCCC1. The van der Waals surface area contributed by atoms with E-state index in [1.54, 1.807) is 0 Å². The molecule has 2 aromatic rings. The minimum atomic E-state index is -4.40. The maximum Gasteiger partial charge on any atom is 0.416 e. The smallest absolute Gasteiger partial charge is 0.306 e. The highest BCUT2D eigenvalue weighted by Crippen LogP contribution is 2.30. The average Bonchev–Trinajstić information content (AvgIpc) is 2.80. The molecule has 0 saturated carbocycles. The molecule has 0 bridgehead atoms. The Labute approximate surface area is 125 Å². The highest BCUT2D eigenvalue weighted by Gasteiger charge is 2.31. The third-order valence-corrected chi connectivity index (χ3v) is 4.19. The van der Waals surface area contributed by atoms with Crippen molar-refractivity contribution >= 4 is 11.0 Å². The summed E-state index contributed by atoms with van der Waals surface area (Å²) in [4.78, 5) is 16.8. The number of imidazole rings is 1. The maximum absolute atomic E-state index is 12.8. The number of H-pyrrole nitrogens is 1. The molecule has 0 spiro atoms. The molecule has 4 nitrogen and oxygen atoms in total. The summed E-state index contributed by atoms with van der Waals surface area (Å²) in [5.41, 5.74) is -0.328. The minimum absolute atomic E-state index is 0.317. The summed E-state index contributed by atoms with van der Waals surface area (Å²) < 4.78 is 39.9. The van der Waals surface area contributed by atoms with Crippen molar-refractivity contribution in [3.63, 3.8) is 0 Å². The Hall–Kier alpha value is -1.76. The van der Waals surface area contributed by atoms with Gasteiger partial charge in [-0.2, -0.15) is 13.2 Å². The number of nitrogens with zero attached hydrogens (tertiary/aromatic N) is 2. The third kappa shape index (κ3) is 3.04. The highest BCUT2D eigenvalue weighted by molar-refractivity contribution is 5.76. The van der Waals surface area contributed by atoms with E-state index >= 15 is 0 Å². The van der Waals surface area contributed by atoms with Crippen LogP contribution in [0.1, 0.15) is 24.8 Å². The maximum atomic E-state index is 12.8. The summed E-state index contributed by atoms with van der Waals surface area (Å²) >= 11 is 0. The molecule has 1 saturated heterocycles. The number of benzene rings is 1. The first-order valence-corrected chi connectivity index (χ1v) is 7.47. The van der Waals surface area contributed by atoms with E-state index < -0.39 is 11.7 Å². The highest BCUT2D eigenvalue weighted by atomic mass is 19.4. The summed E-state index contributed by atoms with van der Waals surface area (Å²) in [7, 11) is 0. The van der Waals surface area contributed by atoms with Crippen LogP contribution in [0.5, 0.6) is 0 Å². The van der Waals surface area contributed by atoms with Crippen LogP contribution < -0.4 is 5.69 Å². The Balaban J connectivity index is 1.87. The predicted octanol–water partition coefficient (Wildman–Crippen LogP) is 2.83. The number of alkyl halides is 3. The number of aromatic amines is 1. The van der Waals surface area contributed by atoms with Crippen LogP contribution in [0.25, 0.3) is 11.0 Å². The molecule has 1 fully saturated rings.